The molecule has 2 aromatic carbocycles. The van der Waals surface area contributed by atoms with E-state index in [1.165, 1.54) is 18.2 Å². The van der Waals surface area contributed by atoms with Crippen LogP contribution in [-0.4, -0.2) is 15.0 Å². The zero-order valence-corrected chi connectivity index (χ0v) is 13.8. The first-order chi connectivity index (χ1) is 10.4. The van der Waals surface area contributed by atoms with Crippen molar-refractivity contribution in [3.63, 3.8) is 0 Å². The third-order valence-corrected chi connectivity index (χ3v) is 4.77. The Morgan fingerprint density at radius 3 is 2.59 bits per heavy atom. The monoisotopic (exact) mass is 357 g/mol. The van der Waals surface area contributed by atoms with E-state index in [0.717, 1.165) is 0 Å². The van der Waals surface area contributed by atoms with Gasteiger partial charge in [0, 0.05) is 6.07 Å². The summed E-state index contributed by atoms with van der Waals surface area (Å²) >= 11 is 11.6. The van der Waals surface area contributed by atoms with Crippen molar-refractivity contribution >= 4 is 38.9 Å². The van der Waals surface area contributed by atoms with E-state index in [0.29, 0.717) is 23.1 Å². The van der Waals surface area contributed by atoms with Gasteiger partial charge in [0.25, 0.3) is 10.0 Å². The number of hydrogen-bond acceptors (Lipinski definition) is 3. The number of rotatable bonds is 6. The summed E-state index contributed by atoms with van der Waals surface area (Å²) in [6.07, 6.45) is 1.60. The van der Waals surface area contributed by atoms with Crippen molar-refractivity contribution in [3.8, 4) is 5.75 Å². The van der Waals surface area contributed by atoms with Crippen LogP contribution in [0.5, 0.6) is 5.75 Å². The Morgan fingerprint density at radius 2 is 1.91 bits per heavy atom. The molecule has 4 nitrogen and oxygen atoms in total. The Bertz CT molecular complexity index is 791. The molecule has 0 aliphatic rings. The number of anilines is 1. The van der Waals surface area contributed by atoms with Gasteiger partial charge < -0.3 is 4.74 Å². The Labute approximate surface area is 139 Å². The lowest BCUT2D eigenvalue weighted by atomic mass is 10.3. The highest BCUT2D eigenvalue weighted by Crippen LogP contribution is 2.26. The van der Waals surface area contributed by atoms with E-state index < -0.39 is 10.0 Å². The minimum absolute atomic E-state index is 0.0271. The maximum Gasteiger partial charge on any atom is 0.261 e. The summed E-state index contributed by atoms with van der Waals surface area (Å²) in [4.78, 5) is 0.0271. The molecule has 0 radical (unpaired) electrons. The lowest BCUT2D eigenvalue weighted by Crippen LogP contribution is -2.13. The summed E-state index contributed by atoms with van der Waals surface area (Å²) in [6.45, 7) is 3.89. The zero-order chi connectivity index (χ0) is 16.2. The Kier molecular flexibility index (Phi) is 5.34. The van der Waals surface area contributed by atoms with Crippen LogP contribution in [0.25, 0.3) is 0 Å². The van der Waals surface area contributed by atoms with Gasteiger partial charge in [-0.25, -0.2) is 8.42 Å². The van der Waals surface area contributed by atoms with Gasteiger partial charge in [-0.1, -0.05) is 41.9 Å². The molecule has 0 atom stereocenters. The third-order valence-electron chi connectivity index (χ3n) is 2.66. The summed E-state index contributed by atoms with van der Waals surface area (Å²) in [5.74, 6) is 0.536. The van der Waals surface area contributed by atoms with Crippen molar-refractivity contribution in [1.82, 2.24) is 0 Å². The van der Waals surface area contributed by atoms with E-state index in [2.05, 4.69) is 11.3 Å². The second-order valence-corrected chi connectivity index (χ2v) is 6.81. The van der Waals surface area contributed by atoms with Crippen LogP contribution < -0.4 is 9.46 Å². The van der Waals surface area contributed by atoms with Crippen molar-refractivity contribution in [2.24, 2.45) is 0 Å². The predicted octanol–water partition coefficient (Wildman–Crippen LogP) is 4.36. The van der Waals surface area contributed by atoms with E-state index in [9.17, 15) is 8.42 Å². The van der Waals surface area contributed by atoms with E-state index in [-0.39, 0.29) is 9.92 Å². The molecule has 0 fully saturated rings. The quantitative estimate of drug-likeness (QED) is 0.781. The molecule has 22 heavy (non-hydrogen) atoms. The third kappa shape index (κ3) is 4.16. The molecule has 0 saturated heterocycles. The minimum atomic E-state index is -3.76. The van der Waals surface area contributed by atoms with Crippen LogP contribution in [0.3, 0.4) is 0 Å². The molecule has 0 aliphatic carbocycles. The molecule has 7 heteroatoms. The van der Waals surface area contributed by atoms with Gasteiger partial charge in [0.05, 0.1) is 20.6 Å². The number of ether oxygens (including phenoxy) is 1. The first-order valence-corrected chi connectivity index (χ1v) is 8.48. The van der Waals surface area contributed by atoms with Crippen LogP contribution >= 0.6 is 23.2 Å². The highest BCUT2D eigenvalue weighted by atomic mass is 35.5. The van der Waals surface area contributed by atoms with Gasteiger partial charge in [0.1, 0.15) is 12.4 Å². The molecule has 116 valence electrons. The molecule has 2 aromatic rings. The fourth-order valence-corrected chi connectivity index (χ4v) is 3.10. The number of benzene rings is 2. The average Bonchev–Trinajstić information content (AvgIpc) is 2.47. The smallest absolute Gasteiger partial charge is 0.261 e. The molecule has 1 N–H and O–H groups in total. The fraction of sp³-hybridized carbons (Fsp3) is 0.0667. The van der Waals surface area contributed by atoms with Crippen molar-refractivity contribution < 1.29 is 13.2 Å². The van der Waals surface area contributed by atoms with Crippen molar-refractivity contribution in [2.75, 3.05) is 11.3 Å². The summed E-state index contributed by atoms with van der Waals surface area (Å²) in [7, 11) is -3.76. The lowest BCUT2D eigenvalue weighted by molar-refractivity contribution is 0.363. The summed E-state index contributed by atoms with van der Waals surface area (Å²) in [6, 6.07) is 10.7. The maximum absolute atomic E-state index is 12.3. The van der Waals surface area contributed by atoms with Gasteiger partial charge in [-0.05, 0) is 30.3 Å². The van der Waals surface area contributed by atoms with Gasteiger partial charge in [-0.15, -0.1) is 0 Å². The van der Waals surface area contributed by atoms with Crippen molar-refractivity contribution in [1.29, 1.82) is 0 Å². The normalized spacial score (nSPS) is 11.0. The molecule has 0 bridgehead atoms. The standard InChI is InChI=1S/C15H13Cl2NO3S/c1-2-8-21-12-5-3-4-11(9-12)18-22(19,20)13-6-7-14(16)15(17)10-13/h2-7,9-10,18H,1,8H2. The molecule has 2 rings (SSSR count). The van der Waals surface area contributed by atoms with E-state index in [4.69, 9.17) is 27.9 Å². The van der Waals surface area contributed by atoms with Crippen LogP contribution in [0, 0.1) is 0 Å². The van der Waals surface area contributed by atoms with Gasteiger partial charge in [0.2, 0.25) is 0 Å². The topological polar surface area (TPSA) is 55.4 Å². The van der Waals surface area contributed by atoms with Crippen LogP contribution in [0.15, 0.2) is 60.0 Å². The van der Waals surface area contributed by atoms with Crippen LogP contribution in [0.1, 0.15) is 0 Å². The van der Waals surface area contributed by atoms with E-state index >= 15 is 0 Å². The molecule has 0 heterocycles. The summed E-state index contributed by atoms with van der Waals surface area (Å²) < 4.78 is 32.5. The second-order valence-electron chi connectivity index (χ2n) is 4.31. The molecule has 0 unspecified atom stereocenters. The molecule has 0 spiro atoms. The Morgan fingerprint density at radius 1 is 1.14 bits per heavy atom. The molecule has 0 saturated carbocycles. The molecular formula is C15H13Cl2NO3S. The fourth-order valence-electron chi connectivity index (χ4n) is 1.66. The molecule has 0 amide bonds. The maximum atomic E-state index is 12.3. The summed E-state index contributed by atoms with van der Waals surface area (Å²) in [5.41, 5.74) is 0.382. The van der Waals surface area contributed by atoms with Crippen molar-refractivity contribution in [2.45, 2.75) is 4.90 Å². The summed E-state index contributed by atoms with van der Waals surface area (Å²) in [5, 5.41) is 0.466. The molecular weight excluding hydrogens is 345 g/mol. The largest absolute Gasteiger partial charge is 0.489 e. The predicted molar refractivity (Wildman–Crippen MR) is 89.4 cm³/mol. The number of halogens is 2. The van der Waals surface area contributed by atoms with Crippen molar-refractivity contribution in [3.05, 3.63) is 65.2 Å². The molecule has 0 aromatic heterocycles. The first kappa shape index (κ1) is 16.7. The highest BCUT2D eigenvalue weighted by Gasteiger charge is 2.16. The van der Waals surface area contributed by atoms with Gasteiger partial charge in [-0.3, -0.25) is 4.72 Å². The first-order valence-electron chi connectivity index (χ1n) is 6.24. The van der Waals surface area contributed by atoms with E-state index in [1.54, 1.807) is 30.3 Å². The number of hydrogen-bond donors (Lipinski definition) is 1. The Hall–Kier alpha value is -1.69. The zero-order valence-electron chi connectivity index (χ0n) is 11.4. The highest BCUT2D eigenvalue weighted by molar-refractivity contribution is 7.92. The van der Waals surface area contributed by atoms with Crippen LogP contribution in [0.4, 0.5) is 5.69 Å². The average molecular weight is 358 g/mol. The molecule has 0 aliphatic heterocycles. The van der Waals surface area contributed by atoms with Crippen LogP contribution in [0.2, 0.25) is 10.0 Å². The van der Waals surface area contributed by atoms with Crippen LogP contribution in [-0.2, 0) is 10.0 Å². The second kappa shape index (κ2) is 7.05. The lowest BCUT2D eigenvalue weighted by Gasteiger charge is -2.10. The SMILES string of the molecule is C=CCOc1cccc(NS(=O)(=O)c2ccc(Cl)c(Cl)c2)c1. The number of nitrogens with one attached hydrogen (secondary N) is 1. The van der Waals surface area contributed by atoms with Gasteiger partial charge >= 0.3 is 0 Å². The minimum Gasteiger partial charge on any atom is -0.489 e. The van der Waals surface area contributed by atoms with Gasteiger partial charge in [0.15, 0.2) is 0 Å². The number of sulfonamides is 1. The Balaban J connectivity index is 2.24. The van der Waals surface area contributed by atoms with Gasteiger partial charge in [-0.2, -0.15) is 0 Å². The van der Waals surface area contributed by atoms with E-state index in [1.807, 2.05) is 0 Å².